The third-order valence-electron chi connectivity index (χ3n) is 3.17. The van der Waals surface area contributed by atoms with Gasteiger partial charge in [0.05, 0.1) is 24.0 Å². The van der Waals surface area contributed by atoms with Crippen molar-refractivity contribution in [2.45, 2.75) is 12.5 Å². The highest BCUT2D eigenvalue weighted by molar-refractivity contribution is 9.10. The number of carbonyl (C=O) groups is 2. The van der Waals surface area contributed by atoms with Crippen molar-refractivity contribution in [3.63, 3.8) is 0 Å². The Morgan fingerprint density at radius 3 is 2.81 bits per heavy atom. The quantitative estimate of drug-likeness (QED) is 0.772. The first-order valence-corrected chi connectivity index (χ1v) is 8.75. The van der Waals surface area contributed by atoms with E-state index in [-0.39, 0.29) is 24.0 Å². The van der Waals surface area contributed by atoms with Crippen LogP contribution in [-0.2, 0) is 14.6 Å². The van der Waals surface area contributed by atoms with E-state index in [2.05, 4.69) is 20.9 Å². The van der Waals surface area contributed by atoms with Gasteiger partial charge in [-0.25, -0.2) is 13.4 Å². The summed E-state index contributed by atoms with van der Waals surface area (Å²) in [4.78, 5) is 28.6. The number of carbonyl (C=O) groups excluding carboxylic acids is 1. The SMILES string of the molecule is O=C(O)CC1CS(=O)(=O)CCN1C(=O)c1ccnc(Br)c1. The Kier molecular flexibility index (Phi) is 4.62. The predicted molar refractivity (Wildman–Crippen MR) is 77.7 cm³/mol. The maximum Gasteiger partial charge on any atom is 0.305 e. The van der Waals surface area contributed by atoms with Crippen LogP contribution in [0, 0.1) is 0 Å². The van der Waals surface area contributed by atoms with Gasteiger partial charge in [0.25, 0.3) is 5.91 Å². The van der Waals surface area contributed by atoms with Gasteiger partial charge in [0.1, 0.15) is 4.60 Å². The first-order chi connectivity index (χ1) is 9.78. The monoisotopic (exact) mass is 376 g/mol. The van der Waals surface area contributed by atoms with E-state index >= 15 is 0 Å². The van der Waals surface area contributed by atoms with Crippen LogP contribution in [0.1, 0.15) is 16.8 Å². The van der Waals surface area contributed by atoms with Crippen LogP contribution in [0.5, 0.6) is 0 Å². The summed E-state index contributed by atoms with van der Waals surface area (Å²) >= 11 is 3.16. The first-order valence-electron chi connectivity index (χ1n) is 6.13. The third-order valence-corrected chi connectivity index (χ3v) is 5.31. The van der Waals surface area contributed by atoms with Crippen LogP contribution in [0.25, 0.3) is 0 Å². The van der Waals surface area contributed by atoms with Crippen molar-refractivity contribution in [1.82, 2.24) is 9.88 Å². The van der Waals surface area contributed by atoms with Crippen molar-refractivity contribution in [3.8, 4) is 0 Å². The number of carboxylic acid groups (broad SMARTS) is 1. The zero-order chi connectivity index (χ0) is 15.6. The molecule has 1 aliphatic rings. The minimum absolute atomic E-state index is 0.000937. The first kappa shape index (κ1) is 15.9. The van der Waals surface area contributed by atoms with Gasteiger partial charge in [0.2, 0.25) is 0 Å². The summed E-state index contributed by atoms with van der Waals surface area (Å²) in [5.74, 6) is -2.00. The average Bonchev–Trinajstić information content (AvgIpc) is 2.36. The molecule has 1 aromatic rings. The van der Waals surface area contributed by atoms with E-state index < -0.39 is 28.3 Å². The summed E-state index contributed by atoms with van der Waals surface area (Å²) in [6.45, 7) is -0.000937. The van der Waals surface area contributed by atoms with E-state index in [1.54, 1.807) is 0 Å². The highest BCUT2D eigenvalue weighted by Gasteiger charge is 2.35. The number of aromatic nitrogens is 1. The number of halogens is 1. The van der Waals surface area contributed by atoms with Crippen LogP contribution in [0.2, 0.25) is 0 Å². The van der Waals surface area contributed by atoms with Gasteiger partial charge in [-0.2, -0.15) is 0 Å². The fourth-order valence-corrected chi connectivity index (χ4v) is 4.12. The molecular weight excluding hydrogens is 364 g/mol. The molecule has 114 valence electrons. The van der Waals surface area contributed by atoms with Gasteiger partial charge in [-0.1, -0.05) is 0 Å². The molecule has 7 nitrogen and oxygen atoms in total. The Morgan fingerprint density at radius 1 is 1.48 bits per heavy atom. The van der Waals surface area contributed by atoms with Crippen LogP contribution in [0.15, 0.2) is 22.9 Å². The standard InChI is InChI=1S/C12H13BrN2O5S/c13-10-5-8(1-2-14-10)12(18)15-3-4-21(19,20)7-9(15)6-11(16)17/h1-2,5,9H,3-4,6-7H2,(H,16,17). The Hall–Kier alpha value is -1.48. The maximum atomic E-state index is 12.4. The molecular formula is C12H13BrN2O5S. The second-order valence-electron chi connectivity index (χ2n) is 4.73. The number of nitrogens with zero attached hydrogens (tertiary/aromatic N) is 2. The summed E-state index contributed by atoms with van der Waals surface area (Å²) in [6.07, 6.45) is 1.06. The topological polar surface area (TPSA) is 105 Å². The van der Waals surface area contributed by atoms with E-state index in [0.29, 0.717) is 10.2 Å². The van der Waals surface area contributed by atoms with Crippen LogP contribution in [0.3, 0.4) is 0 Å². The van der Waals surface area contributed by atoms with Crippen molar-refractivity contribution in [1.29, 1.82) is 0 Å². The summed E-state index contributed by atoms with van der Waals surface area (Å²) in [6, 6.07) is 2.18. The fraction of sp³-hybridized carbons (Fsp3) is 0.417. The normalized spacial score (nSPS) is 21.0. The minimum atomic E-state index is -3.31. The molecule has 2 rings (SSSR count). The van der Waals surface area contributed by atoms with Crippen LogP contribution in [-0.4, -0.2) is 59.4 Å². The van der Waals surface area contributed by atoms with Crippen molar-refractivity contribution < 1.29 is 23.1 Å². The molecule has 1 fully saturated rings. The molecule has 1 N–H and O–H groups in total. The summed E-state index contributed by atoms with van der Waals surface area (Å²) in [7, 11) is -3.31. The zero-order valence-corrected chi connectivity index (χ0v) is 13.3. The smallest absolute Gasteiger partial charge is 0.305 e. The van der Waals surface area contributed by atoms with Crippen molar-refractivity contribution in [3.05, 3.63) is 28.5 Å². The van der Waals surface area contributed by atoms with Crippen LogP contribution in [0.4, 0.5) is 0 Å². The lowest BCUT2D eigenvalue weighted by atomic mass is 10.1. The lowest BCUT2D eigenvalue weighted by Crippen LogP contribution is -2.52. The number of rotatable bonds is 3. The predicted octanol–water partition coefficient (Wildman–Crippen LogP) is 0.558. The Labute approximate surface area is 130 Å². The largest absolute Gasteiger partial charge is 0.481 e. The van der Waals surface area contributed by atoms with Gasteiger partial charge in [0.15, 0.2) is 9.84 Å². The number of hydrogen-bond acceptors (Lipinski definition) is 5. The lowest BCUT2D eigenvalue weighted by molar-refractivity contribution is -0.138. The zero-order valence-electron chi connectivity index (χ0n) is 10.9. The molecule has 21 heavy (non-hydrogen) atoms. The summed E-state index contributed by atoms with van der Waals surface area (Å²) in [5, 5.41) is 8.90. The Balaban J connectivity index is 2.27. The third kappa shape index (κ3) is 4.01. The van der Waals surface area contributed by atoms with Crippen molar-refractivity contribution in [2.24, 2.45) is 0 Å². The van der Waals surface area contributed by atoms with Gasteiger partial charge in [-0.15, -0.1) is 0 Å². The Morgan fingerprint density at radius 2 is 2.19 bits per heavy atom. The highest BCUT2D eigenvalue weighted by atomic mass is 79.9. The second kappa shape index (κ2) is 6.10. The molecule has 1 aromatic heterocycles. The fourth-order valence-electron chi connectivity index (χ4n) is 2.23. The van der Waals surface area contributed by atoms with Gasteiger partial charge >= 0.3 is 5.97 Å². The van der Waals surface area contributed by atoms with Crippen molar-refractivity contribution >= 4 is 37.6 Å². The summed E-state index contributed by atoms with van der Waals surface area (Å²) < 4.78 is 23.8. The molecule has 0 aliphatic carbocycles. The molecule has 1 amide bonds. The van der Waals surface area contributed by atoms with Gasteiger partial charge in [-0.05, 0) is 28.1 Å². The molecule has 0 saturated carbocycles. The van der Waals surface area contributed by atoms with E-state index in [1.165, 1.54) is 23.2 Å². The number of aliphatic carboxylic acids is 1. The molecule has 0 bridgehead atoms. The molecule has 1 atom stereocenters. The van der Waals surface area contributed by atoms with Gasteiger partial charge < -0.3 is 10.0 Å². The number of amides is 1. The highest BCUT2D eigenvalue weighted by Crippen LogP contribution is 2.19. The average molecular weight is 377 g/mol. The van der Waals surface area contributed by atoms with Crippen LogP contribution >= 0.6 is 15.9 Å². The molecule has 1 aliphatic heterocycles. The van der Waals surface area contributed by atoms with Crippen LogP contribution < -0.4 is 0 Å². The Bertz CT molecular complexity index is 676. The summed E-state index contributed by atoms with van der Waals surface area (Å²) in [5.41, 5.74) is 0.339. The van der Waals surface area contributed by atoms with E-state index in [9.17, 15) is 18.0 Å². The van der Waals surface area contributed by atoms with Gasteiger partial charge in [0, 0.05) is 18.3 Å². The molecule has 0 radical (unpaired) electrons. The van der Waals surface area contributed by atoms with Crippen molar-refractivity contribution in [2.75, 3.05) is 18.1 Å². The molecule has 0 aromatic carbocycles. The van der Waals surface area contributed by atoms with E-state index in [1.807, 2.05) is 0 Å². The number of sulfone groups is 1. The molecule has 0 spiro atoms. The lowest BCUT2D eigenvalue weighted by Gasteiger charge is -2.34. The number of hydrogen-bond donors (Lipinski definition) is 1. The molecule has 1 unspecified atom stereocenters. The van der Waals surface area contributed by atoms with Gasteiger partial charge in [-0.3, -0.25) is 9.59 Å². The van der Waals surface area contributed by atoms with E-state index in [0.717, 1.165) is 0 Å². The minimum Gasteiger partial charge on any atom is -0.481 e. The molecule has 2 heterocycles. The number of pyridine rings is 1. The maximum absolute atomic E-state index is 12.4. The molecule has 1 saturated heterocycles. The molecule has 9 heteroatoms. The second-order valence-corrected chi connectivity index (χ2v) is 7.77. The van der Waals surface area contributed by atoms with E-state index in [4.69, 9.17) is 5.11 Å². The number of carboxylic acids is 1.